The summed E-state index contributed by atoms with van der Waals surface area (Å²) in [5.41, 5.74) is 2.71. The fourth-order valence-corrected chi connectivity index (χ4v) is 5.12. The minimum Gasteiger partial charge on any atom is -0.363 e. The summed E-state index contributed by atoms with van der Waals surface area (Å²) >= 11 is 7.42. The molecule has 3 heterocycles. The number of hydrogen-bond donors (Lipinski definition) is 2. The van der Waals surface area contributed by atoms with Crippen LogP contribution >= 0.6 is 22.9 Å². The molecule has 2 N–H and O–H groups in total. The van der Waals surface area contributed by atoms with Gasteiger partial charge in [0.1, 0.15) is 10.5 Å². The molecule has 1 aromatic carbocycles. The maximum absolute atomic E-state index is 12.9. The highest BCUT2D eigenvalue weighted by atomic mass is 35.5. The molecule has 6 nitrogen and oxygen atoms in total. The molecule has 2 amide bonds. The quantitative estimate of drug-likeness (QED) is 0.642. The number of fused-ring (bicyclic) bond motifs is 2. The first-order chi connectivity index (χ1) is 13.5. The normalized spacial score (nSPS) is 22.9. The van der Waals surface area contributed by atoms with Gasteiger partial charge in [-0.05, 0) is 29.7 Å². The van der Waals surface area contributed by atoms with Gasteiger partial charge in [0.2, 0.25) is 0 Å². The number of H-pyrrole nitrogens is 1. The summed E-state index contributed by atoms with van der Waals surface area (Å²) in [5, 5.41) is 4.04. The van der Waals surface area contributed by atoms with Gasteiger partial charge in [0.05, 0.1) is 23.0 Å². The molecular weight excluding hydrogens is 398 g/mol. The fourth-order valence-electron chi connectivity index (χ4n) is 4.00. The molecular formula is C20H18ClN3O3S. The van der Waals surface area contributed by atoms with Gasteiger partial charge in [0.15, 0.2) is 6.10 Å². The highest BCUT2D eigenvalue weighted by Crippen LogP contribution is 2.37. The molecule has 1 saturated heterocycles. The molecule has 8 heteroatoms. The van der Waals surface area contributed by atoms with Crippen LogP contribution in [0, 0.1) is 0 Å². The largest absolute Gasteiger partial charge is 0.363 e. The molecule has 0 bridgehead atoms. The molecule has 0 saturated carbocycles. The van der Waals surface area contributed by atoms with Gasteiger partial charge in [-0.1, -0.05) is 35.9 Å². The lowest BCUT2D eigenvalue weighted by Crippen LogP contribution is -2.46. The Morgan fingerprint density at radius 3 is 2.86 bits per heavy atom. The van der Waals surface area contributed by atoms with Gasteiger partial charge in [-0.2, -0.15) is 0 Å². The molecule has 1 fully saturated rings. The Hall–Kier alpha value is -2.35. The van der Waals surface area contributed by atoms with Crippen LogP contribution in [0.1, 0.15) is 27.7 Å². The van der Waals surface area contributed by atoms with Gasteiger partial charge >= 0.3 is 0 Å². The Balaban J connectivity index is 1.41. The molecule has 5 rings (SSSR count). The first-order valence-electron chi connectivity index (χ1n) is 9.06. The Kier molecular flexibility index (Phi) is 4.19. The molecule has 2 aromatic heterocycles. The second-order valence-electron chi connectivity index (χ2n) is 7.22. The molecule has 0 spiro atoms. The smallest absolute Gasteiger partial charge is 0.268 e. The molecule has 0 radical (unpaired) electrons. The van der Waals surface area contributed by atoms with Crippen molar-refractivity contribution in [2.24, 2.45) is 0 Å². The molecule has 1 aliphatic heterocycles. The number of epoxide rings is 1. The third-order valence-electron chi connectivity index (χ3n) is 5.41. The van der Waals surface area contributed by atoms with Crippen molar-refractivity contribution in [2.45, 2.75) is 24.6 Å². The number of rotatable bonds is 4. The predicted octanol–water partition coefficient (Wildman–Crippen LogP) is 3.14. The van der Waals surface area contributed by atoms with E-state index in [4.69, 9.17) is 16.3 Å². The van der Waals surface area contributed by atoms with Crippen LogP contribution in [-0.4, -0.2) is 47.5 Å². The number of benzene rings is 1. The number of carbonyl (C=O) groups is 2. The number of halogens is 1. The fraction of sp³-hybridized carbons (Fsp3) is 0.300. The Labute approximate surface area is 170 Å². The van der Waals surface area contributed by atoms with Crippen molar-refractivity contribution in [1.82, 2.24) is 15.2 Å². The molecule has 2 aliphatic rings. The number of ether oxygens (including phenoxy) is 1. The zero-order valence-electron chi connectivity index (χ0n) is 15.1. The van der Waals surface area contributed by atoms with Gasteiger partial charge in [-0.15, -0.1) is 11.3 Å². The average molecular weight is 416 g/mol. The number of nitrogens with zero attached hydrogens (tertiary/aromatic N) is 1. The molecule has 1 aliphatic carbocycles. The third kappa shape index (κ3) is 2.99. The average Bonchev–Trinajstić information content (AvgIpc) is 3.22. The monoisotopic (exact) mass is 415 g/mol. The number of carbonyl (C=O) groups excluding carboxylic acids is 2. The summed E-state index contributed by atoms with van der Waals surface area (Å²) in [6.45, 7) is 0.469. The van der Waals surface area contributed by atoms with Crippen LogP contribution in [0.5, 0.6) is 0 Å². The molecule has 3 aromatic rings. The predicted molar refractivity (Wildman–Crippen MR) is 108 cm³/mol. The van der Waals surface area contributed by atoms with Crippen LogP contribution in [-0.2, 0) is 16.0 Å². The van der Waals surface area contributed by atoms with E-state index in [1.54, 1.807) is 18.0 Å². The van der Waals surface area contributed by atoms with Gasteiger partial charge in [-0.3, -0.25) is 9.59 Å². The minimum atomic E-state index is -0.353. The van der Waals surface area contributed by atoms with Crippen LogP contribution in [0.4, 0.5) is 0 Å². The van der Waals surface area contributed by atoms with Crippen molar-refractivity contribution in [2.75, 3.05) is 13.7 Å². The second-order valence-corrected chi connectivity index (χ2v) is 8.90. The van der Waals surface area contributed by atoms with Gasteiger partial charge in [0, 0.05) is 12.4 Å². The van der Waals surface area contributed by atoms with E-state index in [2.05, 4.69) is 10.3 Å². The van der Waals surface area contributed by atoms with Crippen molar-refractivity contribution in [3.05, 3.63) is 57.6 Å². The summed E-state index contributed by atoms with van der Waals surface area (Å²) in [6, 6.07) is 11.2. The van der Waals surface area contributed by atoms with Crippen LogP contribution in [0.25, 0.3) is 10.2 Å². The lowest BCUT2D eigenvalue weighted by molar-refractivity contribution is -0.133. The number of thiophene rings is 1. The zero-order valence-corrected chi connectivity index (χ0v) is 16.6. The lowest BCUT2D eigenvalue weighted by atomic mass is 10.0. The van der Waals surface area contributed by atoms with E-state index < -0.39 is 0 Å². The van der Waals surface area contributed by atoms with Gasteiger partial charge in [-0.25, -0.2) is 0 Å². The van der Waals surface area contributed by atoms with Crippen molar-refractivity contribution in [1.29, 1.82) is 0 Å². The zero-order chi connectivity index (χ0) is 19.4. The minimum absolute atomic E-state index is 0.0454. The summed E-state index contributed by atoms with van der Waals surface area (Å²) in [6.07, 6.45) is 0.324. The highest BCUT2D eigenvalue weighted by molar-refractivity contribution is 7.22. The van der Waals surface area contributed by atoms with E-state index >= 15 is 0 Å². The van der Waals surface area contributed by atoms with E-state index in [0.717, 1.165) is 21.3 Å². The Morgan fingerprint density at radius 1 is 1.32 bits per heavy atom. The number of amides is 2. The molecule has 28 heavy (non-hydrogen) atoms. The van der Waals surface area contributed by atoms with Crippen LogP contribution in [0.3, 0.4) is 0 Å². The lowest BCUT2D eigenvalue weighted by Gasteiger charge is -2.30. The van der Waals surface area contributed by atoms with E-state index in [1.165, 1.54) is 11.3 Å². The second kappa shape index (κ2) is 6.62. The van der Waals surface area contributed by atoms with E-state index in [-0.39, 0.29) is 30.0 Å². The van der Waals surface area contributed by atoms with Gasteiger partial charge < -0.3 is 19.9 Å². The maximum atomic E-state index is 12.9. The molecule has 144 valence electrons. The van der Waals surface area contributed by atoms with Crippen LogP contribution in [0.15, 0.2) is 36.4 Å². The SMILES string of the molecule is CN(C(=O)[C@@H]1CO1)[C@@H]1c2ccccc2C[C@H]1NC(=O)c1cc2cc(Cl)sc2[nH]1. The topological polar surface area (TPSA) is 77.7 Å². The standard InChI is InChI=1S/C20H18ClN3O3S/c1-24(20(26)15-9-27-15)17-12-5-3-2-4-10(12)6-13(17)22-18(25)14-7-11-8-16(21)28-19(11)23-14/h2-5,7-8,13,15,17,23H,6,9H2,1H3,(H,22,25)/t13-,15+,17-/m1/s1. The van der Waals surface area contributed by atoms with E-state index in [0.29, 0.717) is 23.1 Å². The first kappa shape index (κ1) is 17.7. The van der Waals surface area contributed by atoms with Gasteiger partial charge in [0.25, 0.3) is 11.8 Å². The summed E-state index contributed by atoms with van der Waals surface area (Å²) in [4.78, 5) is 31.2. The van der Waals surface area contributed by atoms with Crippen molar-refractivity contribution in [3.63, 3.8) is 0 Å². The van der Waals surface area contributed by atoms with Crippen LogP contribution < -0.4 is 5.32 Å². The number of hydrogen-bond acceptors (Lipinski definition) is 4. The van der Waals surface area contributed by atoms with E-state index in [1.807, 2.05) is 30.3 Å². The number of aromatic nitrogens is 1. The number of likely N-dealkylation sites (N-methyl/N-ethyl adjacent to an activating group) is 1. The van der Waals surface area contributed by atoms with Crippen molar-refractivity contribution < 1.29 is 14.3 Å². The number of aromatic amines is 1. The number of nitrogens with one attached hydrogen (secondary N) is 2. The summed E-state index contributed by atoms with van der Waals surface area (Å²) in [7, 11) is 1.78. The molecule has 3 atom stereocenters. The van der Waals surface area contributed by atoms with Crippen molar-refractivity contribution in [3.8, 4) is 0 Å². The highest BCUT2D eigenvalue weighted by Gasteiger charge is 2.42. The Bertz CT molecular complexity index is 1060. The van der Waals surface area contributed by atoms with Crippen molar-refractivity contribution >= 4 is 45.0 Å². The summed E-state index contributed by atoms with van der Waals surface area (Å²) < 4.78 is 5.85. The third-order valence-corrected chi connectivity index (χ3v) is 6.60. The Morgan fingerprint density at radius 2 is 2.11 bits per heavy atom. The summed E-state index contributed by atoms with van der Waals surface area (Å²) in [5.74, 6) is -0.234. The van der Waals surface area contributed by atoms with E-state index in [9.17, 15) is 9.59 Å². The van der Waals surface area contributed by atoms with Crippen LogP contribution in [0.2, 0.25) is 4.34 Å². The maximum Gasteiger partial charge on any atom is 0.268 e. The molecule has 0 unspecified atom stereocenters. The first-order valence-corrected chi connectivity index (χ1v) is 10.3.